The van der Waals surface area contributed by atoms with Crippen LogP contribution in [0.2, 0.25) is 0 Å². The van der Waals surface area contributed by atoms with Crippen LogP contribution in [-0.4, -0.2) is 31.3 Å². The van der Waals surface area contributed by atoms with Crippen molar-refractivity contribution in [2.75, 3.05) is 13.2 Å². The van der Waals surface area contributed by atoms with Crippen LogP contribution in [0.3, 0.4) is 0 Å². The summed E-state index contributed by atoms with van der Waals surface area (Å²) in [6.45, 7) is 9.11. The highest BCUT2D eigenvalue weighted by Crippen LogP contribution is 2.22. The minimum Gasteiger partial charge on any atom is -0.378 e. The Balaban J connectivity index is 2.15. The van der Waals surface area contributed by atoms with E-state index in [-0.39, 0.29) is 0 Å². The number of hydrogen-bond acceptors (Lipinski definition) is 2. The van der Waals surface area contributed by atoms with E-state index in [1.807, 2.05) is 13.8 Å². The summed E-state index contributed by atoms with van der Waals surface area (Å²) >= 11 is 0. The van der Waals surface area contributed by atoms with Gasteiger partial charge >= 0.3 is 0 Å². The second-order valence-electron chi connectivity index (χ2n) is 4.05. The molecule has 4 nitrogen and oxygen atoms in total. The molecule has 1 aliphatic rings. The Bertz CT molecular complexity index is 244. The van der Waals surface area contributed by atoms with Gasteiger partial charge < -0.3 is 15.8 Å². The molecule has 0 bridgehead atoms. The lowest BCUT2D eigenvalue weighted by atomic mass is 9.89. The third-order valence-corrected chi connectivity index (χ3v) is 2.37. The molecular formula is C11H21N3O. The van der Waals surface area contributed by atoms with Crippen LogP contribution in [0.25, 0.3) is 0 Å². The number of nitrogens with zero attached hydrogens (tertiary/aromatic N) is 1. The monoisotopic (exact) mass is 211 g/mol. The number of nitrogens with one attached hydrogen (secondary N) is 1. The van der Waals surface area contributed by atoms with E-state index < -0.39 is 0 Å². The first-order chi connectivity index (χ1) is 7.11. The van der Waals surface area contributed by atoms with Crippen LogP contribution in [0, 0.1) is 0 Å². The van der Waals surface area contributed by atoms with Gasteiger partial charge in [0, 0.05) is 12.6 Å². The standard InChI is InChI=1S/C11H21N3O/c1-4-15-10-5-9(6-10)14-11(12)13-7-8(2)3/h9-10H,2,4-7H2,1,3H3,(H3,12,13,14). The van der Waals surface area contributed by atoms with Gasteiger partial charge in [0.15, 0.2) is 5.96 Å². The molecule has 0 heterocycles. The summed E-state index contributed by atoms with van der Waals surface area (Å²) in [5.41, 5.74) is 6.72. The maximum atomic E-state index is 5.71. The lowest BCUT2D eigenvalue weighted by molar-refractivity contribution is -0.00566. The van der Waals surface area contributed by atoms with Gasteiger partial charge in [-0.1, -0.05) is 12.2 Å². The molecule has 0 amide bonds. The second-order valence-corrected chi connectivity index (χ2v) is 4.05. The van der Waals surface area contributed by atoms with Crippen molar-refractivity contribution in [2.24, 2.45) is 10.7 Å². The van der Waals surface area contributed by atoms with Crippen molar-refractivity contribution in [3.8, 4) is 0 Å². The van der Waals surface area contributed by atoms with E-state index in [1.165, 1.54) is 0 Å². The molecule has 0 saturated heterocycles. The predicted molar refractivity (Wildman–Crippen MR) is 62.9 cm³/mol. The largest absolute Gasteiger partial charge is 0.378 e. The third-order valence-electron chi connectivity index (χ3n) is 2.37. The molecule has 0 radical (unpaired) electrons. The van der Waals surface area contributed by atoms with Crippen molar-refractivity contribution in [3.63, 3.8) is 0 Å². The molecule has 1 saturated carbocycles. The summed E-state index contributed by atoms with van der Waals surface area (Å²) in [5, 5.41) is 3.17. The molecule has 1 aliphatic carbocycles. The number of nitrogens with two attached hydrogens (primary N) is 1. The van der Waals surface area contributed by atoms with E-state index in [9.17, 15) is 0 Å². The summed E-state index contributed by atoms with van der Waals surface area (Å²) in [6, 6.07) is 0.426. The zero-order valence-electron chi connectivity index (χ0n) is 9.62. The summed E-state index contributed by atoms with van der Waals surface area (Å²) < 4.78 is 5.45. The minimum absolute atomic E-state index is 0.404. The summed E-state index contributed by atoms with van der Waals surface area (Å²) in [7, 11) is 0. The van der Waals surface area contributed by atoms with E-state index in [2.05, 4.69) is 16.9 Å². The van der Waals surface area contributed by atoms with Crippen molar-refractivity contribution < 1.29 is 4.74 Å². The molecule has 15 heavy (non-hydrogen) atoms. The van der Waals surface area contributed by atoms with Gasteiger partial charge in [0.05, 0.1) is 12.6 Å². The average molecular weight is 211 g/mol. The lowest BCUT2D eigenvalue weighted by Crippen LogP contribution is -2.50. The van der Waals surface area contributed by atoms with E-state index in [0.29, 0.717) is 24.7 Å². The van der Waals surface area contributed by atoms with Gasteiger partial charge in [0.2, 0.25) is 0 Å². The van der Waals surface area contributed by atoms with E-state index >= 15 is 0 Å². The Labute approximate surface area is 91.6 Å². The van der Waals surface area contributed by atoms with Crippen molar-refractivity contribution in [3.05, 3.63) is 12.2 Å². The van der Waals surface area contributed by atoms with Crippen LogP contribution in [0.5, 0.6) is 0 Å². The fraction of sp³-hybridized carbons (Fsp3) is 0.727. The van der Waals surface area contributed by atoms with Crippen LogP contribution in [0.4, 0.5) is 0 Å². The number of hydrogen-bond donors (Lipinski definition) is 2. The highest BCUT2D eigenvalue weighted by atomic mass is 16.5. The normalized spacial score (nSPS) is 25.9. The first kappa shape index (κ1) is 12.0. The minimum atomic E-state index is 0.404. The Morgan fingerprint density at radius 2 is 2.27 bits per heavy atom. The molecule has 0 aromatic rings. The maximum absolute atomic E-state index is 5.71. The SMILES string of the molecule is C=C(C)CN=C(N)NC1CC(OCC)C1. The fourth-order valence-electron chi connectivity index (χ4n) is 1.53. The molecule has 0 spiro atoms. The molecule has 4 heteroatoms. The van der Waals surface area contributed by atoms with E-state index in [0.717, 1.165) is 25.0 Å². The van der Waals surface area contributed by atoms with Crippen molar-refractivity contribution >= 4 is 5.96 Å². The van der Waals surface area contributed by atoms with Crippen molar-refractivity contribution in [2.45, 2.75) is 38.8 Å². The lowest BCUT2D eigenvalue weighted by Gasteiger charge is -2.35. The van der Waals surface area contributed by atoms with Gasteiger partial charge in [-0.25, -0.2) is 4.99 Å². The molecule has 0 unspecified atom stereocenters. The summed E-state index contributed by atoms with van der Waals surface area (Å²) in [5.74, 6) is 0.512. The molecule has 0 aliphatic heterocycles. The zero-order chi connectivity index (χ0) is 11.3. The quantitative estimate of drug-likeness (QED) is 0.406. The number of aliphatic imine (C=N–C) groups is 1. The number of ether oxygens (including phenoxy) is 1. The highest BCUT2D eigenvalue weighted by Gasteiger charge is 2.29. The molecule has 0 atom stereocenters. The van der Waals surface area contributed by atoms with Crippen LogP contribution in [0.15, 0.2) is 17.1 Å². The fourth-order valence-corrected chi connectivity index (χ4v) is 1.53. The molecule has 86 valence electrons. The smallest absolute Gasteiger partial charge is 0.189 e. The van der Waals surface area contributed by atoms with Crippen LogP contribution in [-0.2, 0) is 4.74 Å². The first-order valence-electron chi connectivity index (χ1n) is 5.44. The van der Waals surface area contributed by atoms with Gasteiger partial charge in [-0.15, -0.1) is 0 Å². The van der Waals surface area contributed by atoms with Gasteiger partial charge in [0.1, 0.15) is 0 Å². The Morgan fingerprint density at radius 3 is 2.80 bits per heavy atom. The van der Waals surface area contributed by atoms with Crippen LogP contribution in [0.1, 0.15) is 26.7 Å². The molecule has 3 N–H and O–H groups in total. The molecule has 1 fully saturated rings. The Hall–Kier alpha value is -1.03. The third kappa shape index (κ3) is 4.34. The van der Waals surface area contributed by atoms with Gasteiger partial charge in [-0.2, -0.15) is 0 Å². The average Bonchev–Trinajstić information content (AvgIpc) is 2.11. The molecule has 0 aromatic heterocycles. The molecular weight excluding hydrogens is 190 g/mol. The van der Waals surface area contributed by atoms with Crippen LogP contribution >= 0.6 is 0 Å². The Morgan fingerprint density at radius 1 is 1.60 bits per heavy atom. The number of guanidine groups is 1. The summed E-state index contributed by atoms with van der Waals surface area (Å²) in [6.07, 6.45) is 2.45. The zero-order valence-corrected chi connectivity index (χ0v) is 9.62. The highest BCUT2D eigenvalue weighted by molar-refractivity contribution is 5.78. The number of rotatable bonds is 5. The molecule has 0 aromatic carbocycles. The van der Waals surface area contributed by atoms with E-state index in [1.54, 1.807) is 0 Å². The van der Waals surface area contributed by atoms with E-state index in [4.69, 9.17) is 10.5 Å². The molecule has 1 rings (SSSR count). The van der Waals surface area contributed by atoms with Crippen molar-refractivity contribution in [1.82, 2.24) is 5.32 Å². The first-order valence-corrected chi connectivity index (χ1v) is 5.44. The van der Waals surface area contributed by atoms with Crippen molar-refractivity contribution in [1.29, 1.82) is 0 Å². The van der Waals surface area contributed by atoms with Gasteiger partial charge in [-0.3, -0.25) is 0 Å². The predicted octanol–water partition coefficient (Wildman–Crippen LogP) is 1.03. The van der Waals surface area contributed by atoms with Crippen LogP contribution < -0.4 is 11.1 Å². The maximum Gasteiger partial charge on any atom is 0.189 e. The van der Waals surface area contributed by atoms with Gasteiger partial charge in [0.25, 0.3) is 0 Å². The second kappa shape index (κ2) is 5.75. The van der Waals surface area contributed by atoms with Gasteiger partial charge in [-0.05, 0) is 26.7 Å². The Kier molecular flexibility index (Phi) is 4.62. The summed E-state index contributed by atoms with van der Waals surface area (Å²) in [4.78, 5) is 4.16. The topological polar surface area (TPSA) is 59.6 Å².